The number of imide groups is 1. The predicted octanol–water partition coefficient (Wildman–Crippen LogP) is 5.26. The number of anilines is 1. The fraction of sp³-hybridized carbons (Fsp3) is 0.594. The van der Waals surface area contributed by atoms with Crippen LogP contribution in [0.2, 0.25) is 0 Å². The third-order valence-corrected chi connectivity index (χ3v) is 7.56. The zero-order chi connectivity index (χ0) is 31.8. The molecule has 2 aliphatic carbocycles. The van der Waals surface area contributed by atoms with Gasteiger partial charge < -0.3 is 25.0 Å². The number of ether oxygens (including phenoxy) is 2. The molecule has 12 nitrogen and oxygen atoms in total. The van der Waals surface area contributed by atoms with Crippen LogP contribution >= 0.6 is 0 Å². The molecule has 2 aromatic heterocycles. The summed E-state index contributed by atoms with van der Waals surface area (Å²) in [4.78, 5) is 36.6. The number of carbonyl (C=O) groups is 2. The standard InChI is InChI=1S/C32H44N6O6/c1-31(2,3)43-29(41)37(30(42)44-32(4,5)6)16-19-12-21(13-19)38-17-23(27(36-38)20-10-11-20)26-15-34-28-24(33-14-22(40)18-39)8-7-9-25(28)35-26/h7-9,15,17,19-22,33,39-40H,10-14,16,18H2,1-6H3. The number of aromatic nitrogens is 4. The van der Waals surface area contributed by atoms with E-state index in [1.54, 1.807) is 47.7 Å². The average molecular weight is 609 g/mol. The Morgan fingerprint density at radius 3 is 2.34 bits per heavy atom. The second-order valence-corrected chi connectivity index (χ2v) is 13.9. The van der Waals surface area contributed by atoms with Gasteiger partial charge in [0.15, 0.2) is 0 Å². The number of para-hydroxylation sites is 1. The first-order valence-electron chi connectivity index (χ1n) is 15.3. The molecule has 0 spiro atoms. The van der Waals surface area contributed by atoms with E-state index in [2.05, 4.69) is 5.32 Å². The minimum atomic E-state index is -0.867. The van der Waals surface area contributed by atoms with Crippen molar-refractivity contribution >= 4 is 28.9 Å². The highest BCUT2D eigenvalue weighted by molar-refractivity contribution is 5.89. The smallest absolute Gasteiger partial charge is 0.419 e. The largest absolute Gasteiger partial charge is 0.443 e. The molecule has 0 radical (unpaired) electrons. The van der Waals surface area contributed by atoms with Crippen LogP contribution in [0.1, 0.15) is 84.9 Å². The molecule has 2 fully saturated rings. The number of carbonyl (C=O) groups excluding carboxylic acids is 2. The zero-order valence-corrected chi connectivity index (χ0v) is 26.4. The number of benzene rings is 1. The molecule has 44 heavy (non-hydrogen) atoms. The van der Waals surface area contributed by atoms with E-state index in [9.17, 15) is 14.7 Å². The van der Waals surface area contributed by atoms with Gasteiger partial charge in [-0.3, -0.25) is 9.67 Å². The Labute approximate surface area is 257 Å². The van der Waals surface area contributed by atoms with Crippen molar-refractivity contribution in [2.24, 2.45) is 5.92 Å². The van der Waals surface area contributed by atoms with E-state index in [4.69, 9.17) is 29.6 Å². The molecule has 3 N–H and O–H groups in total. The molecule has 1 unspecified atom stereocenters. The molecule has 0 saturated heterocycles. The number of rotatable bonds is 9. The molecular weight excluding hydrogens is 564 g/mol. The number of hydrogen-bond acceptors (Lipinski definition) is 10. The van der Waals surface area contributed by atoms with Gasteiger partial charge in [0.25, 0.3) is 0 Å². The fourth-order valence-corrected chi connectivity index (χ4v) is 5.24. The Bertz CT molecular complexity index is 1470. The first-order valence-corrected chi connectivity index (χ1v) is 15.3. The van der Waals surface area contributed by atoms with E-state index in [-0.39, 0.29) is 31.7 Å². The van der Waals surface area contributed by atoms with Crippen LogP contribution in [0.3, 0.4) is 0 Å². The third kappa shape index (κ3) is 7.65. The molecule has 3 aromatic rings. The van der Waals surface area contributed by atoms with Crippen molar-refractivity contribution in [3.63, 3.8) is 0 Å². The first-order chi connectivity index (χ1) is 20.7. The Morgan fingerprint density at radius 1 is 1.09 bits per heavy atom. The third-order valence-electron chi connectivity index (χ3n) is 7.56. The molecule has 2 saturated carbocycles. The Balaban J connectivity index is 1.31. The van der Waals surface area contributed by atoms with Crippen LogP contribution in [-0.4, -0.2) is 84.1 Å². The van der Waals surface area contributed by atoms with Crippen LogP contribution in [0.15, 0.2) is 30.6 Å². The van der Waals surface area contributed by atoms with Crippen LogP contribution in [0, 0.1) is 5.92 Å². The topological polar surface area (TPSA) is 152 Å². The van der Waals surface area contributed by atoms with E-state index >= 15 is 0 Å². The van der Waals surface area contributed by atoms with Gasteiger partial charge in [0.05, 0.1) is 47.5 Å². The minimum Gasteiger partial charge on any atom is -0.443 e. The normalized spacial score (nSPS) is 19.3. The number of hydrogen-bond donors (Lipinski definition) is 3. The Kier molecular flexibility index (Phi) is 8.86. The summed E-state index contributed by atoms with van der Waals surface area (Å²) in [6.07, 6.45) is 5.21. The van der Waals surface area contributed by atoms with Gasteiger partial charge >= 0.3 is 12.2 Å². The van der Waals surface area contributed by atoms with Crippen LogP contribution in [0.5, 0.6) is 0 Å². The van der Waals surface area contributed by atoms with Crippen molar-refractivity contribution in [1.82, 2.24) is 24.6 Å². The summed E-state index contributed by atoms with van der Waals surface area (Å²) in [5.41, 5.74) is 3.38. The number of aliphatic hydroxyl groups excluding tert-OH is 2. The summed E-state index contributed by atoms with van der Waals surface area (Å²) in [6, 6.07) is 5.78. The molecule has 238 valence electrons. The summed E-state index contributed by atoms with van der Waals surface area (Å²) in [5.74, 6) is 0.482. The maximum Gasteiger partial charge on any atom is 0.419 e. The van der Waals surface area contributed by atoms with Crippen molar-refractivity contribution in [2.75, 3.05) is 25.0 Å². The quantitative estimate of drug-likeness (QED) is 0.293. The monoisotopic (exact) mass is 608 g/mol. The van der Waals surface area contributed by atoms with E-state index in [1.807, 2.05) is 29.1 Å². The lowest BCUT2D eigenvalue weighted by atomic mass is 9.80. The van der Waals surface area contributed by atoms with Gasteiger partial charge in [0.2, 0.25) is 0 Å². The molecule has 0 bridgehead atoms. The van der Waals surface area contributed by atoms with Crippen molar-refractivity contribution < 1.29 is 29.3 Å². The molecule has 1 atom stereocenters. The number of amides is 2. The van der Waals surface area contributed by atoms with Gasteiger partial charge in [-0.25, -0.2) is 19.5 Å². The summed E-state index contributed by atoms with van der Waals surface area (Å²) in [6.45, 7) is 10.7. The second kappa shape index (κ2) is 12.3. The molecular formula is C32H44N6O6. The lowest BCUT2D eigenvalue weighted by molar-refractivity contribution is -0.00642. The number of nitrogens with zero attached hydrogens (tertiary/aromatic N) is 5. The van der Waals surface area contributed by atoms with Gasteiger partial charge in [-0.1, -0.05) is 6.07 Å². The fourth-order valence-electron chi connectivity index (χ4n) is 5.24. The molecule has 5 rings (SSSR count). The summed E-state index contributed by atoms with van der Waals surface area (Å²) < 4.78 is 13.0. The summed E-state index contributed by atoms with van der Waals surface area (Å²) in [5, 5.41) is 27.0. The van der Waals surface area contributed by atoms with Gasteiger partial charge in [0, 0.05) is 30.8 Å². The SMILES string of the molecule is CC(C)(C)OC(=O)N(CC1CC(n2cc(-c3cnc4c(NCC(O)CO)cccc4n3)c(C3CC3)n2)C1)C(=O)OC(C)(C)C. The van der Waals surface area contributed by atoms with Crippen molar-refractivity contribution in [3.05, 3.63) is 36.3 Å². The highest BCUT2D eigenvalue weighted by Crippen LogP contribution is 2.46. The van der Waals surface area contributed by atoms with Crippen LogP contribution < -0.4 is 5.32 Å². The van der Waals surface area contributed by atoms with Gasteiger partial charge in [-0.05, 0) is 85.3 Å². The molecule has 12 heteroatoms. The summed E-state index contributed by atoms with van der Waals surface area (Å²) in [7, 11) is 0. The number of aliphatic hydroxyl groups is 2. The van der Waals surface area contributed by atoms with Crippen LogP contribution in [0.25, 0.3) is 22.3 Å². The van der Waals surface area contributed by atoms with Crippen LogP contribution in [0.4, 0.5) is 15.3 Å². The predicted molar refractivity (Wildman–Crippen MR) is 165 cm³/mol. The highest BCUT2D eigenvalue weighted by Gasteiger charge is 2.39. The molecule has 2 amide bonds. The number of fused-ring (bicyclic) bond motifs is 1. The molecule has 0 aliphatic heterocycles. The van der Waals surface area contributed by atoms with Crippen molar-refractivity contribution in [3.8, 4) is 11.3 Å². The first kappa shape index (κ1) is 31.6. The van der Waals surface area contributed by atoms with Gasteiger partial charge in [0.1, 0.15) is 16.7 Å². The Morgan fingerprint density at radius 2 is 1.75 bits per heavy atom. The average Bonchev–Trinajstić information content (AvgIpc) is 3.67. The molecule has 1 aromatic carbocycles. The minimum absolute atomic E-state index is 0.0906. The van der Waals surface area contributed by atoms with E-state index in [0.717, 1.165) is 53.2 Å². The summed E-state index contributed by atoms with van der Waals surface area (Å²) >= 11 is 0. The highest BCUT2D eigenvalue weighted by atomic mass is 16.6. The van der Waals surface area contributed by atoms with E-state index in [1.165, 1.54) is 0 Å². The van der Waals surface area contributed by atoms with E-state index < -0.39 is 29.5 Å². The lowest BCUT2D eigenvalue weighted by Gasteiger charge is -2.38. The number of nitrogens with one attached hydrogen (secondary N) is 1. The Hall–Kier alpha value is -3.77. The second-order valence-electron chi connectivity index (χ2n) is 13.9. The maximum atomic E-state index is 12.9. The molecule has 2 heterocycles. The zero-order valence-electron chi connectivity index (χ0n) is 26.4. The van der Waals surface area contributed by atoms with Crippen molar-refractivity contribution in [2.45, 2.75) is 96.5 Å². The maximum absolute atomic E-state index is 12.9. The van der Waals surface area contributed by atoms with E-state index in [0.29, 0.717) is 17.0 Å². The lowest BCUT2D eigenvalue weighted by Crippen LogP contribution is -2.47. The van der Waals surface area contributed by atoms with Gasteiger partial charge in [-0.2, -0.15) is 5.10 Å². The molecule has 2 aliphatic rings. The van der Waals surface area contributed by atoms with Crippen molar-refractivity contribution in [1.29, 1.82) is 0 Å². The van der Waals surface area contributed by atoms with Crippen LogP contribution in [-0.2, 0) is 9.47 Å². The van der Waals surface area contributed by atoms with Gasteiger partial charge in [-0.15, -0.1) is 0 Å².